The van der Waals surface area contributed by atoms with Crippen molar-refractivity contribution in [2.24, 2.45) is 29.1 Å². The lowest BCUT2D eigenvalue weighted by Gasteiger charge is -2.16. The molecule has 0 bridgehead atoms. The molecule has 2 aromatic heterocycles. The van der Waals surface area contributed by atoms with Crippen LogP contribution in [0.4, 0.5) is 5.82 Å². The van der Waals surface area contributed by atoms with Crippen molar-refractivity contribution in [2.75, 3.05) is 12.4 Å². The number of hydrogen-bond acceptors (Lipinski definition) is 5. The summed E-state index contributed by atoms with van der Waals surface area (Å²) >= 11 is 6.53. The summed E-state index contributed by atoms with van der Waals surface area (Å²) in [6, 6.07) is 5.99. The molecule has 8 heteroatoms. The van der Waals surface area contributed by atoms with E-state index >= 15 is 0 Å². The van der Waals surface area contributed by atoms with Gasteiger partial charge in [-0.25, -0.2) is 4.98 Å². The van der Waals surface area contributed by atoms with E-state index < -0.39 is 0 Å². The summed E-state index contributed by atoms with van der Waals surface area (Å²) in [5.41, 5.74) is 3.49. The molecule has 2 unspecified atom stereocenters. The summed E-state index contributed by atoms with van der Waals surface area (Å²) in [5.74, 6) is 0.968. The molecule has 3 heterocycles. The van der Waals surface area contributed by atoms with Gasteiger partial charge >= 0.3 is 5.97 Å². The molecule has 2 aromatic rings. The third-order valence-electron chi connectivity index (χ3n) is 7.87. The zero-order chi connectivity index (χ0) is 24.2. The van der Waals surface area contributed by atoms with Crippen molar-refractivity contribution in [3.05, 3.63) is 34.7 Å². The van der Waals surface area contributed by atoms with Crippen LogP contribution in [0.3, 0.4) is 0 Å². The van der Waals surface area contributed by atoms with E-state index in [9.17, 15) is 14.9 Å². The van der Waals surface area contributed by atoms with Crippen LogP contribution in [0.1, 0.15) is 50.9 Å². The number of nitrogens with zero attached hydrogens (tertiary/aromatic N) is 3. The highest BCUT2D eigenvalue weighted by molar-refractivity contribution is 6.33. The summed E-state index contributed by atoms with van der Waals surface area (Å²) < 4.78 is 6.97. The first-order valence-corrected chi connectivity index (χ1v) is 12.2. The highest BCUT2D eigenvalue weighted by Crippen LogP contribution is 2.50. The first-order valence-electron chi connectivity index (χ1n) is 11.9. The molecule has 5 rings (SSSR count). The number of nitrogens with one attached hydrogen (secondary N) is 1. The van der Waals surface area contributed by atoms with Crippen LogP contribution in [0.15, 0.2) is 18.3 Å². The SMILES string of the molecule is COC(=O)C1CC2CC(C(=O)Nc3cc(-c4cc(C#N)n5c4CC(C)(C)C5)c(Cl)cn3)CC2C1. The van der Waals surface area contributed by atoms with Crippen molar-refractivity contribution in [1.82, 2.24) is 9.55 Å². The van der Waals surface area contributed by atoms with Crippen molar-refractivity contribution >= 4 is 29.3 Å². The molecule has 7 nitrogen and oxygen atoms in total. The molecule has 2 saturated carbocycles. The number of aromatic nitrogens is 2. The summed E-state index contributed by atoms with van der Waals surface area (Å²) in [6.07, 6.45) is 5.61. The normalized spacial score (nSPS) is 26.6. The van der Waals surface area contributed by atoms with Gasteiger partial charge in [-0.3, -0.25) is 9.59 Å². The van der Waals surface area contributed by atoms with Crippen LogP contribution in [0.2, 0.25) is 5.02 Å². The predicted octanol–water partition coefficient (Wildman–Crippen LogP) is 4.82. The Morgan fingerprint density at radius 3 is 2.50 bits per heavy atom. The van der Waals surface area contributed by atoms with Crippen LogP contribution >= 0.6 is 11.6 Å². The quantitative estimate of drug-likeness (QED) is 0.632. The van der Waals surface area contributed by atoms with Crippen LogP contribution in [0.25, 0.3) is 11.1 Å². The molecular formula is C26H29ClN4O3. The van der Waals surface area contributed by atoms with Gasteiger partial charge in [-0.15, -0.1) is 0 Å². The second kappa shape index (κ2) is 8.42. The third-order valence-corrected chi connectivity index (χ3v) is 8.17. The lowest BCUT2D eigenvalue weighted by Crippen LogP contribution is -2.22. The number of carbonyl (C=O) groups is 2. The molecule has 1 aliphatic heterocycles. The maximum atomic E-state index is 13.1. The molecule has 2 aliphatic carbocycles. The molecule has 0 aromatic carbocycles. The molecule has 2 fully saturated rings. The van der Waals surface area contributed by atoms with E-state index in [0.29, 0.717) is 28.4 Å². The van der Waals surface area contributed by atoms with Gasteiger partial charge in [0.05, 0.1) is 18.1 Å². The van der Waals surface area contributed by atoms with Crippen molar-refractivity contribution < 1.29 is 14.3 Å². The number of nitriles is 1. The van der Waals surface area contributed by atoms with Crippen LogP contribution < -0.4 is 5.32 Å². The van der Waals surface area contributed by atoms with E-state index in [1.54, 1.807) is 6.20 Å². The summed E-state index contributed by atoms with van der Waals surface area (Å²) in [5, 5.41) is 13.1. The fourth-order valence-electron chi connectivity index (χ4n) is 6.35. The Kier molecular flexibility index (Phi) is 5.68. The van der Waals surface area contributed by atoms with E-state index in [1.165, 1.54) is 7.11 Å². The maximum absolute atomic E-state index is 13.1. The first-order chi connectivity index (χ1) is 16.2. The number of methoxy groups -OCH3 is 1. The largest absolute Gasteiger partial charge is 0.469 e. The van der Waals surface area contributed by atoms with Crippen LogP contribution in [0, 0.1) is 40.4 Å². The molecule has 1 amide bonds. The second-order valence-corrected chi connectivity index (χ2v) is 11.3. The number of ether oxygens (including phenoxy) is 1. The molecule has 0 saturated heterocycles. The Hall–Kier alpha value is -2.85. The monoisotopic (exact) mass is 480 g/mol. The smallest absolute Gasteiger partial charge is 0.308 e. The van der Waals surface area contributed by atoms with Gasteiger partial charge in [0.1, 0.15) is 17.6 Å². The minimum absolute atomic E-state index is 0.0306. The molecule has 34 heavy (non-hydrogen) atoms. The average Bonchev–Trinajstić information content (AvgIpc) is 3.52. The molecule has 0 radical (unpaired) electrons. The van der Waals surface area contributed by atoms with Gasteiger partial charge in [-0.1, -0.05) is 25.4 Å². The van der Waals surface area contributed by atoms with E-state index in [2.05, 4.69) is 34.8 Å². The Morgan fingerprint density at radius 1 is 1.18 bits per heavy atom. The van der Waals surface area contributed by atoms with Gasteiger partial charge in [-0.05, 0) is 61.5 Å². The first kappa shape index (κ1) is 22.9. The van der Waals surface area contributed by atoms with Crippen molar-refractivity contribution in [2.45, 2.75) is 52.5 Å². The summed E-state index contributed by atoms with van der Waals surface area (Å²) in [4.78, 5) is 29.3. The number of pyridine rings is 1. The van der Waals surface area contributed by atoms with Crippen LogP contribution in [-0.4, -0.2) is 28.5 Å². The number of hydrogen-bond donors (Lipinski definition) is 1. The molecule has 3 aliphatic rings. The predicted molar refractivity (Wildman–Crippen MR) is 128 cm³/mol. The average molecular weight is 481 g/mol. The summed E-state index contributed by atoms with van der Waals surface area (Å²) in [6.45, 7) is 5.17. The second-order valence-electron chi connectivity index (χ2n) is 10.8. The Labute approximate surface area is 204 Å². The number of fused-ring (bicyclic) bond motifs is 2. The van der Waals surface area contributed by atoms with Gasteiger partial charge in [0.15, 0.2) is 0 Å². The van der Waals surface area contributed by atoms with Crippen molar-refractivity contribution in [3.63, 3.8) is 0 Å². The third kappa shape index (κ3) is 3.98. The zero-order valence-electron chi connectivity index (χ0n) is 19.7. The lowest BCUT2D eigenvalue weighted by molar-refractivity contribution is -0.145. The number of anilines is 1. The minimum atomic E-state index is -0.131. The van der Waals surface area contributed by atoms with Gasteiger partial charge < -0.3 is 14.6 Å². The summed E-state index contributed by atoms with van der Waals surface area (Å²) in [7, 11) is 1.43. The number of rotatable bonds is 4. The van der Waals surface area contributed by atoms with Gasteiger partial charge in [0.25, 0.3) is 0 Å². The van der Waals surface area contributed by atoms with Crippen molar-refractivity contribution in [1.29, 1.82) is 5.26 Å². The van der Waals surface area contributed by atoms with Crippen LogP contribution in [-0.2, 0) is 27.3 Å². The van der Waals surface area contributed by atoms with Gasteiger partial charge in [-0.2, -0.15) is 5.26 Å². The van der Waals surface area contributed by atoms with E-state index in [1.807, 2.05) is 12.1 Å². The zero-order valence-corrected chi connectivity index (χ0v) is 20.5. The number of amides is 1. The molecule has 1 N–H and O–H groups in total. The molecular weight excluding hydrogens is 452 g/mol. The van der Waals surface area contributed by atoms with E-state index in [0.717, 1.165) is 55.5 Å². The standard InChI is InChI=1S/C26H29ClN4O3/c1-26(2)10-22-20(8-18(11-28)31(22)13-26)19-9-23(29-12-21(19)27)30-24(32)16-4-14-6-17(25(33)34-3)7-15(14)5-16/h8-9,12,14-17H,4-7,10,13H2,1-3H3,(H,29,30,32). The number of halogens is 1. The molecule has 178 valence electrons. The maximum Gasteiger partial charge on any atom is 0.308 e. The lowest BCUT2D eigenvalue weighted by atomic mass is 9.89. The Balaban J connectivity index is 1.32. The fraction of sp³-hybridized carbons (Fsp3) is 0.538. The van der Waals surface area contributed by atoms with Gasteiger partial charge in [0, 0.05) is 35.5 Å². The van der Waals surface area contributed by atoms with E-state index in [-0.39, 0.29) is 29.1 Å². The number of esters is 1. The van der Waals surface area contributed by atoms with Gasteiger partial charge in [0.2, 0.25) is 5.91 Å². The Bertz CT molecular complexity index is 1200. The highest BCUT2D eigenvalue weighted by atomic mass is 35.5. The van der Waals surface area contributed by atoms with Crippen molar-refractivity contribution in [3.8, 4) is 17.2 Å². The Morgan fingerprint density at radius 2 is 1.85 bits per heavy atom. The molecule has 2 atom stereocenters. The topological polar surface area (TPSA) is 97.0 Å². The fourth-order valence-corrected chi connectivity index (χ4v) is 6.56. The number of carbonyl (C=O) groups excluding carboxylic acids is 2. The van der Waals surface area contributed by atoms with Crippen LogP contribution in [0.5, 0.6) is 0 Å². The highest BCUT2D eigenvalue weighted by Gasteiger charge is 2.46. The van der Waals surface area contributed by atoms with E-state index in [4.69, 9.17) is 16.3 Å². The minimum Gasteiger partial charge on any atom is -0.469 e. The molecule has 0 spiro atoms.